The molecular formula is C20H31N3O3. The molecule has 2 fully saturated rings. The van der Waals surface area contributed by atoms with E-state index in [9.17, 15) is 4.79 Å². The summed E-state index contributed by atoms with van der Waals surface area (Å²) in [5, 5.41) is 3.01. The van der Waals surface area contributed by atoms with Crippen molar-refractivity contribution >= 4 is 17.3 Å². The number of nitrogens with one attached hydrogen (secondary N) is 1. The van der Waals surface area contributed by atoms with E-state index in [0.29, 0.717) is 19.8 Å². The van der Waals surface area contributed by atoms with Gasteiger partial charge >= 0.3 is 0 Å². The van der Waals surface area contributed by atoms with E-state index in [0.717, 1.165) is 25.3 Å². The largest absolute Gasteiger partial charge is 0.378 e. The van der Waals surface area contributed by atoms with E-state index in [4.69, 9.17) is 9.47 Å². The van der Waals surface area contributed by atoms with E-state index in [2.05, 4.69) is 54.9 Å². The molecule has 0 spiro atoms. The second kappa shape index (κ2) is 7.94. The highest BCUT2D eigenvalue weighted by Gasteiger charge is 2.31. The highest BCUT2D eigenvalue weighted by atomic mass is 16.5. The number of hydrogen-bond donors (Lipinski definition) is 1. The van der Waals surface area contributed by atoms with Gasteiger partial charge in [0.2, 0.25) is 5.91 Å². The molecule has 2 saturated heterocycles. The fraction of sp³-hybridized carbons (Fsp3) is 0.650. The lowest BCUT2D eigenvalue weighted by Crippen LogP contribution is -2.55. The van der Waals surface area contributed by atoms with Gasteiger partial charge in [-0.05, 0) is 52.0 Å². The van der Waals surface area contributed by atoms with Crippen LogP contribution in [0.1, 0.15) is 27.7 Å². The molecule has 1 aromatic rings. The van der Waals surface area contributed by atoms with E-state index in [-0.39, 0.29) is 23.7 Å². The third-order valence-corrected chi connectivity index (χ3v) is 5.09. The summed E-state index contributed by atoms with van der Waals surface area (Å²) in [6.45, 7) is 12.7. The van der Waals surface area contributed by atoms with Crippen molar-refractivity contribution in [2.24, 2.45) is 0 Å². The number of nitrogens with zero attached hydrogens (tertiary/aromatic N) is 2. The summed E-state index contributed by atoms with van der Waals surface area (Å²) in [7, 11) is 0. The maximum atomic E-state index is 12.4. The summed E-state index contributed by atoms with van der Waals surface area (Å²) in [5.41, 5.74) is 1.89. The molecule has 1 amide bonds. The molecule has 26 heavy (non-hydrogen) atoms. The standard InChI is InChI=1S/C20H31N3O3/c1-15-11-22(12-16(2)26-15)18-7-5-17(6-8-18)21-19(24)13-23-9-10-25-14-20(23,3)4/h5-8,15-16H,9-14H2,1-4H3,(H,21,24). The first kappa shape index (κ1) is 19.1. The molecule has 0 bridgehead atoms. The average Bonchev–Trinajstić information content (AvgIpc) is 2.56. The Balaban J connectivity index is 1.56. The van der Waals surface area contributed by atoms with E-state index in [1.165, 1.54) is 5.69 Å². The molecule has 2 aliphatic heterocycles. The minimum Gasteiger partial charge on any atom is -0.378 e. The SMILES string of the molecule is CC1CN(c2ccc(NC(=O)CN3CCOCC3(C)C)cc2)CC(C)O1. The van der Waals surface area contributed by atoms with Crippen molar-refractivity contribution in [3.05, 3.63) is 24.3 Å². The molecule has 1 N–H and O–H groups in total. The third kappa shape index (κ3) is 4.75. The first-order valence-electron chi connectivity index (χ1n) is 9.46. The molecule has 2 atom stereocenters. The van der Waals surface area contributed by atoms with Crippen LogP contribution in [0.15, 0.2) is 24.3 Å². The molecule has 2 aliphatic rings. The maximum Gasteiger partial charge on any atom is 0.238 e. The summed E-state index contributed by atoms with van der Waals surface area (Å²) in [4.78, 5) is 16.9. The highest BCUT2D eigenvalue weighted by Crippen LogP contribution is 2.23. The molecule has 1 aromatic carbocycles. The van der Waals surface area contributed by atoms with Crippen LogP contribution in [0.2, 0.25) is 0 Å². The average molecular weight is 361 g/mol. The van der Waals surface area contributed by atoms with E-state index >= 15 is 0 Å². The lowest BCUT2D eigenvalue weighted by atomic mass is 10.0. The Kier molecular flexibility index (Phi) is 5.85. The monoisotopic (exact) mass is 361 g/mol. The topological polar surface area (TPSA) is 54.0 Å². The molecule has 6 heteroatoms. The molecule has 0 aromatic heterocycles. The van der Waals surface area contributed by atoms with E-state index in [1.54, 1.807) is 0 Å². The third-order valence-electron chi connectivity index (χ3n) is 5.09. The van der Waals surface area contributed by atoms with Gasteiger partial charge in [-0.1, -0.05) is 0 Å². The number of carbonyl (C=O) groups excluding carboxylic acids is 1. The molecule has 3 rings (SSSR count). The predicted octanol–water partition coefficient (Wildman–Crippen LogP) is 2.35. The maximum absolute atomic E-state index is 12.4. The quantitative estimate of drug-likeness (QED) is 0.892. The first-order valence-corrected chi connectivity index (χ1v) is 9.46. The van der Waals surface area contributed by atoms with Crippen LogP contribution in [0, 0.1) is 0 Å². The minimum atomic E-state index is -0.108. The van der Waals surface area contributed by atoms with Gasteiger partial charge in [0.25, 0.3) is 0 Å². The second-order valence-corrected chi connectivity index (χ2v) is 8.04. The Morgan fingerprint density at radius 1 is 1.19 bits per heavy atom. The summed E-state index contributed by atoms with van der Waals surface area (Å²) < 4.78 is 11.3. The normalized spacial score (nSPS) is 26.5. The Morgan fingerprint density at radius 2 is 1.85 bits per heavy atom. The van der Waals surface area contributed by atoms with Crippen molar-refractivity contribution in [3.8, 4) is 0 Å². The zero-order valence-corrected chi connectivity index (χ0v) is 16.3. The van der Waals surface area contributed by atoms with Gasteiger partial charge in [0.05, 0.1) is 32.0 Å². The van der Waals surface area contributed by atoms with Crippen molar-refractivity contribution < 1.29 is 14.3 Å². The van der Waals surface area contributed by atoms with Crippen LogP contribution in [0.25, 0.3) is 0 Å². The highest BCUT2D eigenvalue weighted by molar-refractivity contribution is 5.92. The van der Waals surface area contributed by atoms with Gasteiger partial charge in [0.15, 0.2) is 0 Å². The fourth-order valence-electron chi connectivity index (χ4n) is 3.70. The predicted molar refractivity (Wildman–Crippen MR) is 104 cm³/mol. The lowest BCUT2D eigenvalue weighted by Gasteiger charge is -2.41. The van der Waals surface area contributed by atoms with Crippen molar-refractivity contribution in [3.63, 3.8) is 0 Å². The Labute approximate surface area is 156 Å². The summed E-state index contributed by atoms with van der Waals surface area (Å²) in [6.07, 6.45) is 0.463. The Bertz CT molecular complexity index is 607. The number of rotatable bonds is 4. The number of amides is 1. The molecule has 0 radical (unpaired) electrons. The van der Waals surface area contributed by atoms with Crippen LogP contribution in [0.5, 0.6) is 0 Å². The van der Waals surface area contributed by atoms with Gasteiger partial charge in [-0.25, -0.2) is 0 Å². The fourth-order valence-corrected chi connectivity index (χ4v) is 3.70. The van der Waals surface area contributed by atoms with Gasteiger partial charge in [-0.2, -0.15) is 0 Å². The number of benzene rings is 1. The molecule has 2 unspecified atom stereocenters. The van der Waals surface area contributed by atoms with Crippen LogP contribution >= 0.6 is 0 Å². The number of hydrogen-bond acceptors (Lipinski definition) is 5. The summed E-state index contributed by atoms with van der Waals surface area (Å²) >= 11 is 0. The number of morpholine rings is 2. The zero-order chi connectivity index (χ0) is 18.7. The van der Waals surface area contributed by atoms with Gasteiger partial charge in [0.1, 0.15) is 0 Å². The van der Waals surface area contributed by atoms with Crippen LogP contribution in [0.3, 0.4) is 0 Å². The lowest BCUT2D eigenvalue weighted by molar-refractivity contribution is -0.122. The van der Waals surface area contributed by atoms with Gasteiger partial charge in [-0.15, -0.1) is 0 Å². The van der Waals surface area contributed by atoms with Crippen LogP contribution in [-0.4, -0.2) is 67.9 Å². The van der Waals surface area contributed by atoms with Gasteiger partial charge in [0, 0.05) is 36.5 Å². The summed E-state index contributed by atoms with van der Waals surface area (Å²) in [5.74, 6) is 0.0151. The van der Waals surface area contributed by atoms with Crippen molar-refractivity contribution in [2.45, 2.75) is 45.4 Å². The molecule has 144 valence electrons. The molecule has 0 aliphatic carbocycles. The molecule has 2 heterocycles. The molecule has 0 saturated carbocycles. The molecular weight excluding hydrogens is 330 g/mol. The van der Waals surface area contributed by atoms with Crippen LogP contribution in [0.4, 0.5) is 11.4 Å². The first-order chi connectivity index (χ1) is 12.3. The van der Waals surface area contributed by atoms with Gasteiger partial charge < -0.3 is 19.7 Å². The molecule has 6 nitrogen and oxygen atoms in total. The van der Waals surface area contributed by atoms with Gasteiger partial charge in [-0.3, -0.25) is 9.69 Å². The Morgan fingerprint density at radius 3 is 2.46 bits per heavy atom. The van der Waals surface area contributed by atoms with Crippen molar-refractivity contribution in [2.75, 3.05) is 49.6 Å². The van der Waals surface area contributed by atoms with Crippen LogP contribution in [-0.2, 0) is 14.3 Å². The second-order valence-electron chi connectivity index (χ2n) is 8.04. The number of ether oxygens (including phenoxy) is 2. The zero-order valence-electron chi connectivity index (χ0n) is 16.3. The smallest absolute Gasteiger partial charge is 0.238 e. The Hall–Kier alpha value is -1.63. The van der Waals surface area contributed by atoms with Crippen molar-refractivity contribution in [1.29, 1.82) is 0 Å². The number of carbonyl (C=O) groups is 1. The summed E-state index contributed by atoms with van der Waals surface area (Å²) in [6, 6.07) is 8.09. The van der Waals surface area contributed by atoms with E-state index < -0.39 is 0 Å². The minimum absolute atomic E-state index is 0.0151. The van der Waals surface area contributed by atoms with Crippen LogP contribution < -0.4 is 10.2 Å². The van der Waals surface area contributed by atoms with E-state index in [1.807, 2.05) is 12.1 Å². The number of anilines is 2. The van der Waals surface area contributed by atoms with Crippen molar-refractivity contribution in [1.82, 2.24) is 4.90 Å².